The van der Waals surface area contributed by atoms with E-state index in [0.29, 0.717) is 19.0 Å². The van der Waals surface area contributed by atoms with Gasteiger partial charge in [-0.3, -0.25) is 14.6 Å². The monoisotopic (exact) mass is 392 g/mol. The summed E-state index contributed by atoms with van der Waals surface area (Å²) in [6.07, 6.45) is 5.90. The second-order valence-electron chi connectivity index (χ2n) is 7.36. The standard InChI is InChI=1S/C18H28N6O2S/c1-13-17(14(2)23(5)21-13)18-16(19-8-9-20-18)12-15-6-10-24(11-7-15)27(25,26)22(3)4/h8-9,15H,6-7,10-12H2,1-5H3. The van der Waals surface area contributed by atoms with Gasteiger partial charge in [0, 0.05) is 57.9 Å². The van der Waals surface area contributed by atoms with E-state index in [1.54, 1.807) is 30.8 Å². The number of aryl methyl sites for hydroxylation is 2. The predicted octanol–water partition coefficient (Wildman–Crippen LogP) is 1.55. The highest BCUT2D eigenvalue weighted by molar-refractivity contribution is 7.86. The van der Waals surface area contributed by atoms with Crippen molar-refractivity contribution in [1.29, 1.82) is 0 Å². The maximum absolute atomic E-state index is 12.3. The van der Waals surface area contributed by atoms with Crippen LogP contribution in [0, 0.1) is 19.8 Å². The van der Waals surface area contributed by atoms with Crippen LogP contribution in [0.15, 0.2) is 12.4 Å². The van der Waals surface area contributed by atoms with Gasteiger partial charge >= 0.3 is 0 Å². The first-order chi connectivity index (χ1) is 12.7. The SMILES string of the molecule is Cc1nn(C)c(C)c1-c1nccnc1CC1CCN(S(=O)(=O)N(C)C)CC1. The molecule has 0 radical (unpaired) electrons. The fourth-order valence-electron chi connectivity index (χ4n) is 3.69. The summed E-state index contributed by atoms with van der Waals surface area (Å²) >= 11 is 0. The van der Waals surface area contributed by atoms with Crippen LogP contribution in [-0.4, -0.2) is 64.0 Å². The molecule has 27 heavy (non-hydrogen) atoms. The Balaban J connectivity index is 1.77. The number of hydrogen-bond acceptors (Lipinski definition) is 5. The number of hydrogen-bond donors (Lipinski definition) is 0. The predicted molar refractivity (Wildman–Crippen MR) is 104 cm³/mol. The molecule has 0 unspecified atom stereocenters. The van der Waals surface area contributed by atoms with Crippen molar-refractivity contribution in [2.45, 2.75) is 33.1 Å². The van der Waals surface area contributed by atoms with E-state index in [0.717, 1.165) is 47.6 Å². The van der Waals surface area contributed by atoms with Crippen LogP contribution in [0.5, 0.6) is 0 Å². The fraction of sp³-hybridized carbons (Fsp3) is 0.611. The molecule has 3 heterocycles. The molecule has 0 saturated carbocycles. The van der Waals surface area contributed by atoms with Gasteiger partial charge in [-0.1, -0.05) is 0 Å². The van der Waals surface area contributed by atoms with Gasteiger partial charge in [-0.25, -0.2) is 0 Å². The van der Waals surface area contributed by atoms with Gasteiger partial charge in [-0.15, -0.1) is 0 Å². The van der Waals surface area contributed by atoms with Gasteiger partial charge in [-0.2, -0.15) is 22.1 Å². The maximum Gasteiger partial charge on any atom is 0.281 e. The minimum atomic E-state index is -3.33. The van der Waals surface area contributed by atoms with Crippen LogP contribution in [0.2, 0.25) is 0 Å². The van der Waals surface area contributed by atoms with E-state index in [1.165, 1.54) is 4.31 Å². The Morgan fingerprint density at radius 3 is 2.33 bits per heavy atom. The largest absolute Gasteiger partial charge is 0.281 e. The zero-order chi connectivity index (χ0) is 19.8. The van der Waals surface area contributed by atoms with Crippen molar-refractivity contribution in [2.24, 2.45) is 13.0 Å². The molecule has 0 atom stereocenters. The van der Waals surface area contributed by atoms with Gasteiger partial charge in [0.2, 0.25) is 0 Å². The Bertz CT molecular complexity index is 914. The van der Waals surface area contributed by atoms with Gasteiger partial charge < -0.3 is 0 Å². The molecular weight excluding hydrogens is 364 g/mol. The molecule has 9 heteroatoms. The Morgan fingerprint density at radius 2 is 1.78 bits per heavy atom. The zero-order valence-electron chi connectivity index (χ0n) is 16.7. The Kier molecular flexibility index (Phi) is 5.64. The highest BCUT2D eigenvalue weighted by Crippen LogP contribution is 2.30. The smallest absolute Gasteiger partial charge is 0.272 e. The Labute approximate surface area is 161 Å². The molecule has 1 saturated heterocycles. The van der Waals surface area contributed by atoms with E-state index < -0.39 is 10.2 Å². The molecule has 1 fully saturated rings. The van der Waals surface area contributed by atoms with Crippen LogP contribution < -0.4 is 0 Å². The molecule has 8 nitrogen and oxygen atoms in total. The maximum atomic E-state index is 12.3. The molecule has 0 N–H and O–H groups in total. The van der Waals surface area contributed by atoms with Crippen molar-refractivity contribution < 1.29 is 8.42 Å². The van der Waals surface area contributed by atoms with Crippen molar-refractivity contribution in [3.8, 4) is 11.3 Å². The number of rotatable bonds is 5. The molecule has 2 aromatic rings. The molecule has 0 amide bonds. The summed E-state index contributed by atoms with van der Waals surface area (Å²) in [6, 6.07) is 0. The first-order valence-electron chi connectivity index (χ1n) is 9.20. The average Bonchev–Trinajstić information content (AvgIpc) is 2.88. The highest BCUT2D eigenvalue weighted by Gasteiger charge is 2.30. The van der Waals surface area contributed by atoms with Crippen LogP contribution in [0.4, 0.5) is 0 Å². The minimum absolute atomic E-state index is 0.395. The highest BCUT2D eigenvalue weighted by atomic mass is 32.2. The van der Waals surface area contributed by atoms with Crippen molar-refractivity contribution in [1.82, 2.24) is 28.4 Å². The van der Waals surface area contributed by atoms with E-state index in [2.05, 4.69) is 15.1 Å². The lowest BCUT2D eigenvalue weighted by molar-refractivity contribution is 0.261. The van der Waals surface area contributed by atoms with Crippen LogP contribution >= 0.6 is 0 Å². The number of piperidine rings is 1. The fourth-order valence-corrected chi connectivity index (χ4v) is 4.82. The van der Waals surface area contributed by atoms with Crippen molar-refractivity contribution in [3.05, 3.63) is 29.5 Å². The van der Waals surface area contributed by atoms with E-state index >= 15 is 0 Å². The number of aromatic nitrogens is 4. The van der Waals surface area contributed by atoms with Gasteiger partial charge in [0.15, 0.2) is 0 Å². The Hall–Kier alpha value is -1.84. The molecule has 0 spiro atoms. The summed E-state index contributed by atoms with van der Waals surface area (Å²) in [4.78, 5) is 9.20. The van der Waals surface area contributed by atoms with Crippen molar-refractivity contribution in [3.63, 3.8) is 0 Å². The van der Waals surface area contributed by atoms with Gasteiger partial charge in [0.05, 0.1) is 17.1 Å². The molecule has 0 aromatic carbocycles. The second-order valence-corrected chi connectivity index (χ2v) is 9.50. The third kappa shape index (κ3) is 3.90. The van der Waals surface area contributed by atoms with Crippen molar-refractivity contribution in [2.75, 3.05) is 27.2 Å². The van der Waals surface area contributed by atoms with Crippen molar-refractivity contribution >= 4 is 10.2 Å². The molecule has 1 aliphatic heterocycles. The summed E-state index contributed by atoms with van der Waals surface area (Å²) in [5.41, 5.74) is 4.92. The lowest BCUT2D eigenvalue weighted by atomic mass is 9.91. The minimum Gasteiger partial charge on any atom is -0.272 e. The van der Waals surface area contributed by atoms with E-state index in [9.17, 15) is 8.42 Å². The first-order valence-corrected chi connectivity index (χ1v) is 10.6. The molecule has 2 aromatic heterocycles. The lowest BCUT2D eigenvalue weighted by Gasteiger charge is -2.32. The quantitative estimate of drug-likeness (QED) is 0.771. The summed E-state index contributed by atoms with van der Waals surface area (Å²) in [5, 5.41) is 4.50. The van der Waals surface area contributed by atoms with Crippen LogP contribution in [-0.2, 0) is 23.7 Å². The third-order valence-corrected chi connectivity index (χ3v) is 7.30. The summed E-state index contributed by atoms with van der Waals surface area (Å²) in [6.45, 7) is 5.13. The third-order valence-electron chi connectivity index (χ3n) is 5.36. The van der Waals surface area contributed by atoms with Gasteiger partial charge in [0.1, 0.15) is 0 Å². The lowest BCUT2D eigenvalue weighted by Crippen LogP contribution is -2.44. The van der Waals surface area contributed by atoms with Crippen LogP contribution in [0.3, 0.4) is 0 Å². The van der Waals surface area contributed by atoms with Crippen LogP contribution in [0.1, 0.15) is 29.9 Å². The van der Waals surface area contributed by atoms with E-state index in [1.807, 2.05) is 25.6 Å². The molecular formula is C18H28N6O2S. The molecule has 0 bridgehead atoms. The molecule has 0 aliphatic carbocycles. The molecule has 3 rings (SSSR count). The molecule has 1 aliphatic rings. The topological polar surface area (TPSA) is 84.2 Å². The van der Waals surface area contributed by atoms with Gasteiger partial charge in [0.25, 0.3) is 10.2 Å². The van der Waals surface area contributed by atoms with Crippen LogP contribution in [0.25, 0.3) is 11.3 Å². The second kappa shape index (κ2) is 7.65. The average molecular weight is 393 g/mol. The normalized spacial score (nSPS) is 17.0. The first kappa shape index (κ1) is 19.9. The summed E-state index contributed by atoms with van der Waals surface area (Å²) in [7, 11) is 1.76. The summed E-state index contributed by atoms with van der Waals surface area (Å²) < 4.78 is 29.3. The number of nitrogens with zero attached hydrogens (tertiary/aromatic N) is 6. The molecule has 148 valence electrons. The van der Waals surface area contributed by atoms with E-state index in [4.69, 9.17) is 0 Å². The van der Waals surface area contributed by atoms with E-state index in [-0.39, 0.29) is 0 Å². The summed E-state index contributed by atoms with van der Waals surface area (Å²) in [5.74, 6) is 0.395. The Morgan fingerprint density at radius 1 is 1.15 bits per heavy atom. The zero-order valence-corrected chi connectivity index (χ0v) is 17.5. The van der Waals surface area contributed by atoms with Gasteiger partial charge in [-0.05, 0) is 39.0 Å².